The smallest absolute Gasteiger partial charge is 0.235 e. The maximum Gasteiger partial charge on any atom is 0.235 e. The summed E-state index contributed by atoms with van der Waals surface area (Å²) in [6.07, 6.45) is 13.5. The number of nitrogens with one attached hydrogen (secondary N) is 1. The quantitative estimate of drug-likeness (QED) is 0.921. The van der Waals surface area contributed by atoms with E-state index in [0.717, 1.165) is 18.2 Å². The highest BCUT2D eigenvalue weighted by atomic mass is 16.1. The van der Waals surface area contributed by atoms with Gasteiger partial charge in [0.1, 0.15) is 5.82 Å². The van der Waals surface area contributed by atoms with Gasteiger partial charge >= 0.3 is 0 Å². The van der Waals surface area contributed by atoms with E-state index in [1.165, 1.54) is 25.7 Å². The van der Waals surface area contributed by atoms with E-state index < -0.39 is 0 Å². The zero-order valence-electron chi connectivity index (χ0n) is 12.8. The van der Waals surface area contributed by atoms with E-state index in [1.54, 1.807) is 23.2 Å². The van der Waals surface area contributed by atoms with Crippen molar-refractivity contribution in [2.24, 2.45) is 5.92 Å². The highest BCUT2D eigenvalue weighted by Gasteiger charge is 2.16. The second-order valence-corrected chi connectivity index (χ2v) is 5.85. The van der Waals surface area contributed by atoms with Crippen molar-refractivity contribution in [3.8, 4) is 5.95 Å². The number of hydrogen-bond acceptors (Lipinski definition) is 4. The third kappa shape index (κ3) is 3.50. The molecule has 6 heteroatoms. The molecule has 2 aromatic rings. The van der Waals surface area contributed by atoms with E-state index >= 15 is 0 Å². The van der Waals surface area contributed by atoms with Crippen LogP contribution in [0, 0.1) is 12.8 Å². The van der Waals surface area contributed by atoms with Crippen LogP contribution in [0.15, 0.2) is 24.8 Å². The van der Waals surface area contributed by atoms with Crippen molar-refractivity contribution in [2.45, 2.75) is 45.4 Å². The summed E-state index contributed by atoms with van der Waals surface area (Å²) in [6.45, 7) is 1.89. The lowest BCUT2D eigenvalue weighted by atomic mass is 10.0. The molecule has 0 radical (unpaired) electrons. The van der Waals surface area contributed by atoms with Gasteiger partial charge in [0.05, 0.1) is 18.1 Å². The number of hydrogen-bond donors (Lipinski definition) is 1. The lowest BCUT2D eigenvalue weighted by Crippen LogP contribution is -2.13. The van der Waals surface area contributed by atoms with Crippen molar-refractivity contribution >= 4 is 11.6 Å². The average Bonchev–Trinajstić information content (AvgIpc) is 3.17. The lowest BCUT2D eigenvalue weighted by molar-refractivity contribution is -0.116. The Kier molecular flexibility index (Phi) is 4.46. The Morgan fingerprint density at radius 1 is 1.27 bits per heavy atom. The highest BCUT2D eigenvalue weighted by Crippen LogP contribution is 2.28. The van der Waals surface area contributed by atoms with Crippen molar-refractivity contribution in [3.05, 3.63) is 30.6 Å². The molecule has 1 aliphatic carbocycles. The summed E-state index contributed by atoms with van der Waals surface area (Å²) in [5.74, 6) is 2.16. The van der Waals surface area contributed by atoms with Crippen LogP contribution in [0.1, 0.15) is 44.3 Å². The number of aryl methyl sites for hydroxylation is 1. The second kappa shape index (κ2) is 6.68. The molecule has 0 unspecified atom stereocenters. The summed E-state index contributed by atoms with van der Waals surface area (Å²) in [4.78, 5) is 24.6. The van der Waals surface area contributed by atoms with E-state index in [2.05, 4.69) is 20.3 Å². The van der Waals surface area contributed by atoms with Crippen LogP contribution in [0.3, 0.4) is 0 Å². The molecule has 0 spiro atoms. The van der Waals surface area contributed by atoms with E-state index in [1.807, 2.05) is 13.1 Å². The molecule has 0 atom stereocenters. The van der Waals surface area contributed by atoms with Crippen LogP contribution in [0.2, 0.25) is 0 Å². The van der Waals surface area contributed by atoms with Gasteiger partial charge in [-0.1, -0.05) is 25.7 Å². The fourth-order valence-electron chi connectivity index (χ4n) is 2.96. The van der Waals surface area contributed by atoms with E-state index in [0.29, 0.717) is 18.1 Å². The van der Waals surface area contributed by atoms with Crippen LogP contribution in [0.25, 0.3) is 5.95 Å². The third-order valence-corrected chi connectivity index (χ3v) is 4.22. The molecule has 3 rings (SSSR count). The number of anilines is 1. The Morgan fingerprint density at radius 3 is 2.64 bits per heavy atom. The minimum atomic E-state index is 0.0436. The summed E-state index contributed by atoms with van der Waals surface area (Å²) in [7, 11) is 0. The van der Waals surface area contributed by atoms with E-state index in [4.69, 9.17) is 0 Å². The SMILES string of the molecule is Cc1nccn1-c1ncc(NC(=O)CCC2CCCC2)cn1. The van der Waals surface area contributed by atoms with Crippen LogP contribution in [0.4, 0.5) is 5.69 Å². The average molecular weight is 299 g/mol. The normalized spacial score (nSPS) is 15.1. The largest absolute Gasteiger partial charge is 0.323 e. The van der Waals surface area contributed by atoms with Crippen molar-refractivity contribution in [1.82, 2.24) is 19.5 Å². The Balaban J connectivity index is 1.54. The van der Waals surface area contributed by atoms with Gasteiger partial charge in [-0.25, -0.2) is 15.0 Å². The Hall–Kier alpha value is -2.24. The molecule has 1 fully saturated rings. The molecule has 2 aromatic heterocycles. The van der Waals surface area contributed by atoms with Crippen molar-refractivity contribution < 1.29 is 4.79 Å². The van der Waals surface area contributed by atoms with Crippen LogP contribution in [0.5, 0.6) is 0 Å². The van der Waals surface area contributed by atoms with Gasteiger partial charge in [0, 0.05) is 18.8 Å². The summed E-state index contributed by atoms with van der Waals surface area (Å²) < 4.78 is 1.80. The molecule has 1 N–H and O–H groups in total. The maximum atomic E-state index is 12.0. The Morgan fingerprint density at radius 2 is 2.00 bits per heavy atom. The monoisotopic (exact) mass is 299 g/mol. The topological polar surface area (TPSA) is 72.7 Å². The number of rotatable bonds is 5. The molecule has 1 saturated carbocycles. The Bertz CT molecular complexity index is 628. The van der Waals surface area contributed by atoms with Gasteiger partial charge in [0.15, 0.2) is 0 Å². The van der Waals surface area contributed by atoms with Gasteiger partial charge in [-0.2, -0.15) is 0 Å². The number of aromatic nitrogens is 4. The summed E-state index contributed by atoms with van der Waals surface area (Å²) in [5, 5.41) is 2.86. The molecular formula is C16H21N5O. The fraction of sp³-hybridized carbons (Fsp3) is 0.500. The lowest BCUT2D eigenvalue weighted by Gasteiger charge is -2.09. The number of imidazole rings is 1. The minimum Gasteiger partial charge on any atom is -0.323 e. The van der Waals surface area contributed by atoms with Crippen molar-refractivity contribution in [3.63, 3.8) is 0 Å². The molecule has 1 amide bonds. The molecule has 0 bridgehead atoms. The van der Waals surface area contributed by atoms with Crippen molar-refractivity contribution in [1.29, 1.82) is 0 Å². The van der Waals surface area contributed by atoms with E-state index in [9.17, 15) is 4.79 Å². The standard InChI is InChI=1S/C16H21N5O/c1-12-17-8-9-21(12)16-18-10-14(11-19-16)20-15(22)7-6-13-4-2-3-5-13/h8-11,13H,2-7H2,1H3,(H,20,22). The molecule has 0 saturated heterocycles. The number of amides is 1. The van der Waals surface area contributed by atoms with Crippen LogP contribution >= 0.6 is 0 Å². The maximum absolute atomic E-state index is 12.0. The molecule has 2 heterocycles. The van der Waals surface area contributed by atoms with Crippen LogP contribution in [-0.4, -0.2) is 25.4 Å². The van der Waals surface area contributed by atoms with Crippen LogP contribution < -0.4 is 5.32 Å². The van der Waals surface area contributed by atoms with Gasteiger partial charge in [0.2, 0.25) is 11.9 Å². The molecule has 0 aliphatic heterocycles. The zero-order valence-corrected chi connectivity index (χ0v) is 12.8. The first-order chi connectivity index (χ1) is 10.7. The molecule has 116 valence electrons. The number of carbonyl (C=O) groups is 1. The minimum absolute atomic E-state index is 0.0436. The predicted octanol–water partition coefficient (Wildman–Crippen LogP) is 2.88. The highest BCUT2D eigenvalue weighted by molar-refractivity contribution is 5.90. The molecular weight excluding hydrogens is 278 g/mol. The summed E-state index contributed by atoms with van der Waals surface area (Å²) in [5.41, 5.74) is 0.637. The van der Waals surface area contributed by atoms with Gasteiger partial charge in [0.25, 0.3) is 0 Å². The number of nitrogens with zero attached hydrogens (tertiary/aromatic N) is 4. The number of carbonyl (C=O) groups excluding carboxylic acids is 1. The first-order valence-corrected chi connectivity index (χ1v) is 7.84. The first-order valence-electron chi connectivity index (χ1n) is 7.84. The van der Waals surface area contributed by atoms with Gasteiger partial charge in [-0.05, 0) is 19.3 Å². The predicted molar refractivity (Wildman–Crippen MR) is 83.7 cm³/mol. The fourth-order valence-corrected chi connectivity index (χ4v) is 2.96. The third-order valence-electron chi connectivity index (χ3n) is 4.22. The van der Waals surface area contributed by atoms with Gasteiger partial charge in [-0.15, -0.1) is 0 Å². The van der Waals surface area contributed by atoms with E-state index in [-0.39, 0.29) is 5.91 Å². The molecule has 0 aromatic carbocycles. The Labute approximate surface area is 130 Å². The first kappa shape index (κ1) is 14.7. The summed E-state index contributed by atoms with van der Waals surface area (Å²) >= 11 is 0. The molecule has 6 nitrogen and oxygen atoms in total. The summed E-state index contributed by atoms with van der Waals surface area (Å²) in [6, 6.07) is 0. The van der Waals surface area contributed by atoms with Crippen LogP contribution in [-0.2, 0) is 4.79 Å². The molecule has 1 aliphatic rings. The van der Waals surface area contributed by atoms with Gasteiger partial charge in [-0.3, -0.25) is 9.36 Å². The zero-order chi connectivity index (χ0) is 15.4. The van der Waals surface area contributed by atoms with Gasteiger partial charge < -0.3 is 5.32 Å². The molecule has 22 heavy (non-hydrogen) atoms. The van der Waals surface area contributed by atoms with Crippen molar-refractivity contribution in [2.75, 3.05) is 5.32 Å². The second-order valence-electron chi connectivity index (χ2n) is 5.85.